The Bertz CT molecular complexity index is 409. The summed E-state index contributed by atoms with van der Waals surface area (Å²) in [6.07, 6.45) is 0. The zero-order valence-corrected chi connectivity index (χ0v) is 10.0. The lowest BCUT2D eigenvalue weighted by Gasteiger charge is -2.35. The molecule has 1 aliphatic rings. The van der Waals surface area contributed by atoms with Crippen molar-refractivity contribution in [3.05, 3.63) is 30.1 Å². The van der Waals surface area contributed by atoms with E-state index in [4.69, 9.17) is 5.73 Å². The van der Waals surface area contributed by atoms with Crippen LogP contribution in [0.5, 0.6) is 0 Å². The monoisotopic (exact) mass is 252 g/mol. The van der Waals surface area contributed by atoms with E-state index < -0.39 is 0 Å². The summed E-state index contributed by atoms with van der Waals surface area (Å²) in [5.41, 5.74) is 6.21. The Labute approximate surface area is 105 Å². The molecule has 1 atom stereocenters. The summed E-state index contributed by atoms with van der Waals surface area (Å²) < 4.78 is 12.7. The lowest BCUT2D eigenvalue weighted by Crippen LogP contribution is -2.57. The molecule has 98 valence electrons. The first kappa shape index (κ1) is 12.8. The molecule has 6 heteroatoms. The van der Waals surface area contributed by atoms with Gasteiger partial charge in [-0.3, -0.25) is 0 Å². The van der Waals surface area contributed by atoms with Gasteiger partial charge in [-0.15, -0.1) is 0 Å². The second-order valence-electron chi connectivity index (χ2n) is 4.22. The highest BCUT2D eigenvalue weighted by Crippen LogP contribution is 2.11. The van der Waals surface area contributed by atoms with Gasteiger partial charge >= 0.3 is 6.03 Å². The second kappa shape index (κ2) is 5.79. The topological polar surface area (TPSA) is 70.4 Å². The van der Waals surface area contributed by atoms with E-state index in [0.717, 1.165) is 6.54 Å². The van der Waals surface area contributed by atoms with Gasteiger partial charge in [0.2, 0.25) is 0 Å². The molecule has 0 radical (unpaired) electrons. The van der Waals surface area contributed by atoms with E-state index in [0.29, 0.717) is 25.3 Å². The van der Waals surface area contributed by atoms with E-state index in [-0.39, 0.29) is 17.9 Å². The highest BCUT2D eigenvalue weighted by Gasteiger charge is 2.25. The number of rotatable bonds is 2. The number of carbonyl (C=O) groups is 1. The molecule has 1 aromatic rings. The lowest BCUT2D eigenvalue weighted by molar-refractivity contribution is 0.173. The number of halogens is 1. The third kappa shape index (κ3) is 2.96. The minimum absolute atomic E-state index is 0.000742. The van der Waals surface area contributed by atoms with E-state index in [1.54, 1.807) is 4.90 Å². The summed E-state index contributed by atoms with van der Waals surface area (Å²) in [6.45, 7) is 2.50. The van der Waals surface area contributed by atoms with Crippen molar-refractivity contribution in [2.75, 3.05) is 31.5 Å². The van der Waals surface area contributed by atoms with E-state index in [1.807, 2.05) is 0 Å². The second-order valence-corrected chi connectivity index (χ2v) is 4.22. The van der Waals surface area contributed by atoms with E-state index >= 15 is 0 Å². The third-order valence-corrected chi connectivity index (χ3v) is 2.98. The summed E-state index contributed by atoms with van der Waals surface area (Å²) in [5, 5.41) is 5.93. The molecule has 2 amide bonds. The number of hydrogen-bond donors (Lipinski definition) is 3. The molecule has 18 heavy (non-hydrogen) atoms. The summed E-state index contributed by atoms with van der Waals surface area (Å²) in [6, 6.07) is 5.50. The van der Waals surface area contributed by atoms with Crippen molar-refractivity contribution in [1.29, 1.82) is 0 Å². The van der Waals surface area contributed by atoms with Gasteiger partial charge in [0, 0.05) is 31.9 Å². The molecule has 1 heterocycles. The SMILES string of the molecule is NCC1CNCCN1C(=O)Nc1ccc(F)cc1. The Morgan fingerprint density at radius 3 is 2.89 bits per heavy atom. The normalized spacial score (nSPS) is 19.7. The molecule has 1 unspecified atom stereocenters. The number of nitrogens with one attached hydrogen (secondary N) is 2. The Kier molecular flexibility index (Phi) is 4.11. The standard InChI is InChI=1S/C12H17FN4O/c13-9-1-3-10(4-2-9)16-12(18)17-6-5-15-8-11(17)7-14/h1-4,11,15H,5-8,14H2,(H,16,18). The van der Waals surface area contributed by atoms with Crippen molar-refractivity contribution in [1.82, 2.24) is 10.2 Å². The molecule has 4 N–H and O–H groups in total. The first-order valence-electron chi connectivity index (χ1n) is 5.94. The van der Waals surface area contributed by atoms with Gasteiger partial charge in [-0.05, 0) is 24.3 Å². The quantitative estimate of drug-likeness (QED) is 0.721. The molecule has 0 aliphatic carbocycles. The first-order chi connectivity index (χ1) is 8.70. The molecule has 5 nitrogen and oxygen atoms in total. The van der Waals surface area contributed by atoms with Crippen molar-refractivity contribution in [3.8, 4) is 0 Å². The number of nitrogens with zero attached hydrogens (tertiary/aromatic N) is 1. The number of hydrogen-bond acceptors (Lipinski definition) is 3. The highest BCUT2D eigenvalue weighted by atomic mass is 19.1. The van der Waals surface area contributed by atoms with Crippen LogP contribution in [-0.2, 0) is 0 Å². The zero-order chi connectivity index (χ0) is 13.0. The largest absolute Gasteiger partial charge is 0.328 e. The van der Waals surface area contributed by atoms with Crippen LogP contribution < -0.4 is 16.4 Å². The molecule has 1 aliphatic heterocycles. The number of amides is 2. The van der Waals surface area contributed by atoms with Crippen molar-refractivity contribution >= 4 is 11.7 Å². The maximum Gasteiger partial charge on any atom is 0.322 e. The van der Waals surface area contributed by atoms with Crippen LogP contribution in [0.15, 0.2) is 24.3 Å². The Morgan fingerprint density at radius 2 is 2.22 bits per heavy atom. The molecule has 0 bridgehead atoms. The summed E-state index contributed by atoms with van der Waals surface area (Å²) in [5.74, 6) is -0.324. The van der Waals surface area contributed by atoms with Gasteiger partial charge < -0.3 is 21.3 Å². The predicted molar refractivity (Wildman–Crippen MR) is 67.8 cm³/mol. The van der Waals surface area contributed by atoms with Gasteiger partial charge in [0.1, 0.15) is 5.82 Å². The van der Waals surface area contributed by atoms with Crippen molar-refractivity contribution in [2.45, 2.75) is 6.04 Å². The van der Waals surface area contributed by atoms with Crippen LogP contribution in [0.25, 0.3) is 0 Å². The Morgan fingerprint density at radius 1 is 1.50 bits per heavy atom. The van der Waals surface area contributed by atoms with Gasteiger partial charge in [-0.1, -0.05) is 0 Å². The predicted octanol–water partition coefficient (Wildman–Crippen LogP) is 0.590. The van der Waals surface area contributed by atoms with E-state index in [1.165, 1.54) is 24.3 Å². The fourth-order valence-electron chi connectivity index (χ4n) is 1.97. The molecule has 1 aromatic carbocycles. The highest BCUT2D eigenvalue weighted by molar-refractivity contribution is 5.89. The summed E-state index contributed by atoms with van der Waals surface area (Å²) in [4.78, 5) is 13.8. The molecule has 1 fully saturated rings. The van der Waals surface area contributed by atoms with Crippen molar-refractivity contribution in [3.63, 3.8) is 0 Å². The maximum absolute atomic E-state index is 12.7. The van der Waals surface area contributed by atoms with Crippen LogP contribution in [0.4, 0.5) is 14.9 Å². The Balaban J connectivity index is 2.00. The zero-order valence-electron chi connectivity index (χ0n) is 10.0. The first-order valence-corrected chi connectivity index (χ1v) is 5.94. The summed E-state index contributed by atoms with van der Waals surface area (Å²) >= 11 is 0. The number of benzene rings is 1. The fraction of sp³-hybridized carbons (Fsp3) is 0.417. The van der Waals surface area contributed by atoms with Crippen molar-refractivity contribution in [2.24, 2.45) is 5.73 Å². The van der Waals surface area contributed by atoms with Gasteiger partial charge in [0.25, 0.3) is 0 Å². The Hall–Kier alpha value is -1.66. The number of piperazine rings is 1. The van der Waals surface area contributed by atoms with Crippen LogP contribution in [0.3, 0.4) is 0 Å². The molecule has 0 saturated carbocycles. The number of carbonyl (C=O) groups excluding carboxylic acids is 1. The molecule has 1 saturated heterocycles. The van der Waals surface area contributed by atoms with Crippen LogP contribution in [0, 0.1) is 5.82 Å². The third-order valence-electron chi connectivity index (χ3n) is 2.98. The average Bonchev–Trinajstić information content (AvgIpc) is 2.41. The van der Waals surface area contributed by atoms with Gasteiger partial charge in [-0.2, -0.15) is 0 Å². The van der Waals surface area contributed by atoms with Gasteiger partial charge in [-0.25, -0.2) is 9.18 Å². The molecular weight excluding hydrogens is 235 g/mol. The van der Waals surface area contributed by atoms with Crippen molar-refractivity contribution < 1.29 is 9.18 Å². The van der Waals surface area contributed by atoms with Crippen LogP contribution in [0.1, 0.15) is 0 Å². The molecule has 0 spiro atoms. The van der Waals surface area contributed by atoms with Crippen LogP contribution >= 0.6 is 0 Å². The molecule has 0 aromatic heterocycles. The lowest BCUT2D eigenvalue weighted by atomic mass is 10.2. The number of anilines is 1. The average molecular weight is 252 g/mol. The smallest absolute Gasteiger partial charge is 0.322 e. The number of nitrogens with two attached hydrogens (primary N) is 1. The van der Waals surface area contributed by atoms with Gasteiger partial charge in [0.05, 0.1) is 6.04 Å². The van der Waals surface area contributed by atoms with E-state index in [2.05, 4.69) is 10.6 Å². The molecular formula is C12H17FN4O. The van der Waals surface area contributed by atoms with Gasteiger partial charge in [0.15, 0.2) is 0 Å². The number of urea groups is 1. The summed E-state index contributed by atoms with van der Waals surface area (Å²) in [7, 11) is 0. The van der Waals surface area contributed by atoms with Crippen LogP contribution in [-0.4, -0.2) is 43.2 Å². The maximum atomic E-state index is 12.7. The van der Waals surface area contributed by atoms with Crippen LogP contribution in [0.2, 0.25) is 0 Å². The molecule has 2 rings (SSSR count). The minimum atomic E-state index is -0.324. The fourth-order valence-corrected chi connectivity index (χ4v) is 1.97. The van der Waals surface area contributed by atoms with E-state index in [9.17, 15) is 9.18 Å². The minimum Gasteiger partial charge on any atom is -0.328 e.